The van der Waals surface area contributed by atoms with Gasteiger partial charge in [0, 0.05) is 7.05 Å². The SMILES string of the molecule is Cn1cnc(OC2CCNCC2)n1. The van der Waals surface area contributed by atoms with Gasteiger partial charge < -0.3 is 10.1 Å². The number of aromatic nitrogens is 3. The van der Waals surface area contributed by atoms with Gasteiger partial charge in [-0.3, -0.25) is 4.68 Å². The fourth-order valence-corrected chi connectivity index (χ4v) is 1.44. The summed E-state index contributed by atoms with van der Waals surface area (Å²) in [4.78, 5) is 4.02. The molecule has 0 unspecified atom stereocenters. The van der Waals surface area contributed by atoms with Crippen molar-refractivity contribution >= 4 is 0 Å². The van der Waals surface area contributed by atoms with Crippen LogP contribution in [0.5, 0.6) is 6.01 Å². The first-order valence-electron chi connectivity index (χ1n) is 4.57. The summed E-state index contributed by atoms with van der Waals surface area (Å²) in [5, 5.41) is 7.35. The Morgan fingerprint density at radius 1 is 1.54 bits per heavy atom. The fraction of sp³-hybridized carbons (Fsp3) is 0.750. The first kappa shape index (κ1) is 8.50. The minimum atomic E-state index is 0.281. The number of aryl methyl sites for hydroxylation is 1. The van der Waals surface area contributed by atoms with Gasteiger partial charge in [0.15, 0.2) is 0 Å². The molecule has 2 heterocycles. The summed E-state index contributed by atoms with van der Waals surface area (Å²) < 4.78 is 7.24. The van der Waals surface area contributed by atoms with Crippen molar-refractivity contribution < 1.29 is 4.74 Å². The number of rotatable bonds is 2. The van der Waals surface area contributed by atoms with Crippen LogP contribution in [0.15, 0.2) is 6.33 Å². The van der Waals surface area contributed by atoms with Gasteiger partial charge in [0.05, 0.1) is 0 Å². The van der Waals surface area contributed by atoms with Crippen LogP contribution in [0.1, 0.15) is 12.8 Å². The van der Waals surface area contributed by atoms with Gasteiger partial charge in [0.25, 0.3) is 0 Å². The normalized spacial score (nSPS) is 18.8. The van der Waals surface area contributed by atoms with E-state index in [-0.39, 0.29) is 6.10 Å². The molecule has 0 amide bonds. The van der Waals surface area contributed by atoms with Crippen LogP contribution in [0, 0.1) is 0 Å². The molecule has 0 bridgehead atoms. The molecular weight excluding hydrogens is 168 g/mol. The second-order valence-corrected chi connectivity index (χ2v) is 3.27. The topological polar surface area (TPSA) is 52.0 Å². The van der Waals surface area contributed by atoms with Crippen LogP contribution in [0.4, 0.5) is 0 Å². The molecule has 0 aliphatic carbocycles. The highest BCUT2D eigenvalue weighted by molar-refractivity contribution is 4.89. The Kier molecular flexibility index (Phi) is 2.44. The molecule has 2 rings (SSSR count). The van der Waals surface area contributed by atoms with E-state index in [0.29, 0.717) is 6.01 Å². The van der Waals surface area contributed by atoms with Crippen LogP contribution in [0.2, 0.25) is 0 Å². The Balaban J connectivity index is 1.89. The van der Waals surface area contributed by atoms with Gasteiger partial charge in [-0.2, -0.15) is 4.98 Å². The maximum Gasteiger partial charge on any atom is 0.335 e. The van der Waals surface area contributed by atoms with Crippen LogP contribution < -0.4 is 10.1 Å². The molecule has 1 aliphatic rings. The lowest BCUT2D eigenvalue weighted by Gasteiger charge is -2.21. The van der Waals surface area contributed by atoms with E-state index >= 15 is 0 Å². The van der Waals surface area contributed by atoms with E-state index in [1.165, 1.54) is 0 Å². The lowest BCUT2D eigenvalue weighted by molar-refractivity contribution is 0.148. The molecule has 1 aromatic heterocycles. The van der Waals surface area contributed by atoms with Crippen molar-refractivity contribution in [1.29, 1.82) is 0 Å². The maximum atomic E-state index is 5.59. The highest BCUT2D eigenvalue weighted by atomic mass is 16.5. The minimum Gasteiger partial charge on any atom is -0.459 e. The van der Waals surface area contributed by atoms with E-state index in [1.807, 2.05) is 7.05 Å². The summed E-state index contributed by atoms with van der Waals surface area (Å²) in [6, 6.07) is 0.495. The number of nitrogens with one attached hydrogen (secondary N) is 1. The van der Waals surface area contributed by atoms with Gasteiger partial charge in [-0.25, -0.2) is 0 Å². The summed E-state index contributed by atoms with van der Waals surface area (Å²) in [7, 11) is 1.84. The molecule has 1 N–H and O–H groups in total. The molecule has 0 atom stereocenters. The third-order valence-corrected chi connectivity index (χ3v) is 2.14. The van der Waals surface area contributed by atoms with Gasteiger partial charge in [0.2, 0.25) is 0 Å². The standard InChI is InChI=1S/C8H14N4O/c1-12-6-10-8(11-12)13-7-2-4-9-5-3-7/h6-7,9H,2-5H2,1H3. The number of piperidine rings is 1. The first-order chi connectivity index (χ1) is 6.34. The van der Waals surface area contributed by atoms with Crippen LogP contribution in [-0.2, 0) is 7.05 Å². The molecule has 13 heavy (non-hydrogen) atoms. The molecule has 5 heteroatoms. The number of hydrogen-bond donors (Lipinski definition) is 1. The zero-order valence-electron chi connectivity index (χ0n) is 7.73. The predicted octanol–water partition coefficient (Wildman–Crippen LogP) is -0.0541. The van der Waals surface area contributed by atoms with Crippen LogP contribution in [0.25, 0.3) is 0 Å². The maximum absolute atomic E-state index is 5.59. The van der Waals surface area contributed by atoms with Crippen molar-refractivity contribution in [3.8, 4) is 6.01 Å². The van der Waals surface area contributed by atoms with Crippen LogP contribution in [-0.4, -0.2) is 34.0 Å². The summed E-state index contributed by atoms with van der Waals surface area (Å²) in [5.41, 5.74) is 0. The highest BCUT2D eigenvalue weighted by Gasteiger charge is 2.15. The predicted molar refractivity (Wildman–Crippen MR) is 47.5 cm³/mol. The van der Waals surface area contributed by atoms with E-state index < -0.39 is 0 Å². The van der Waals surface area contributed by atoms with Gasteiger partial charge in [-0.15, -0.1) is 5.10 Å². The largest absolute Gasteiger partial charge is 0.459 e. The Morgan fingerprint density at radius 3 is 2.92 bits per heavy atom. The molecule has 0 aromatic carbocycles. The molecular formula is C8H14N4O. The first-order valence-corrected chi connectivity index (χ1v) is 4.57. The Labute approximate surface area is 77.1 Å². The molecule has 1 fully saturated rings. The molecule has 0 spiro atoms. The Morgan fingerprint density at radius 2 is 2.31 bits per heavy atom. The van der Waals surface area contributed by atoms with E-state index in [9.17, 15) is 0 Å². The van der Waals surface area contributed by atoms with E-state index in [0.717, 1.165) is 25.9 Å². The third kappa shape index (κ3) is 2.18. The summed E-state index contributed by atoms with van der Waals surface area (Å²) in [6.45, 7) is 2.05. The minimum absolute atomic E-state index is 0.281. The van der Waals surface area contributed by atoms with Crippen molar-refractivity contribution in [2.45, 2.75) is 18.9 Å². The van der Waals surface area contributed by atoms with Crippen molar-refractivity contribution in [3.05, 3.63) is 6.33 Å². The molecule has 0 radical (unpaired) electrons. The second-order valence-electron chi connectivity index (χ2n) is 3.27. The van der Waals surface area contributed by atoms with Crippen molar-refractivity contribution in [2.75, 3.05) is 13.1 Å². The monoisotopic (exact) mass is 182 g/mol. The van der Waals surface area contributed by atoms with E-state index in [2.05, 4.69) is 15.4 Å². The van der Waals surface area contributed by atoms with Gasteiger partial charge in [0.1, 0.15) is 12.4 Å². The van der Waals surface area contributed by atoms with Crippen molar-refractivity contribution in [1.82, 2.24) is 20.1 Å². The lowest BCUT2D eigenvalue weighted by Crippen LogP contribution is -2.34. The van der Waals surface area contributed by atoms with E-state index in [4.69, 9.17) is 4.74 Å². The molecule has 0 saturated carbocycles. The van der Waals surface area contributed by atoms with Gasteiger partial charge in [-0.1, -0.05) is 0 Å². The van der Waals surface area contributed by atoms with E-state index in [1.54, 1.807) is 11.0 Å². The van der Waals surface area contributed by atoms with Crippen molar-refractivity contribution in [3.63, 3.8) is 0 Å². The smallest absolute Gasteiger partial charge is 0.335 e. The van der Waals surface area contributed by atoms with Crippen LogP contribution >= 0.6 is 0 Å². The number of hydrogen-bond acceptors (Lipinski definition) is 4. The second kappa shape index (κ2) is 3.74. The quantitative estimate of drug-likeness (QED) is 0.696. The summed E-state index contributed by atoms with van der Waals surface area (Å²) in [5.74, 6) is 0. The highest BCUT2D eigenvalue weighted by Crippen LogP contribution is 2.10. The number of nitrogens with zero attached hydrogens (tertiary/aromatic N) is 3. The molecule has 1 aliphatic heterocycles. The molecule has 72 valence electrons. The van der Waals surface area contributed by atoms with Crippen LogP contribution in [0.3, 0.4) is 0 Å². The number of ether oxygens (including phenoxy) is 1. The average molecular weight is 182 g/mol. The van der Waals surface area contributed by atoms with Crippen molar-refractivity contribution in [2.24, 2.45) is 7.05 Å². The van der Waals surface area contributed by atoms with Gasteiger partial charge >= 0.3 is 6.01 Å². The Bertz CT molecular complexity index is 267. The fourth-order valence-electron chi connectivity index (χ4n) is 1.44. The molecule has 1 aromatic rings. The summed E-state index contributed by atoms with van der Waals surface area (Å²) in [6.07, 6.45) is 4.01. The zero-order valence-corrected chi connectivity index (χ0v) is 7.73. The average Bonchev–Trinajstić information content (AvgIpc) is 2.53. The third-order valence-electron chi connectivity index (χ3n) is 2.14. The van der Waals surface area contributed by atoms with Gasteiger partial charge in [-0.05, 0) is 25.9 Å². The zero-order chi connectivity index (χ0) is 9.10. The Hall–Kier alpha value is -1.10. The lowest BCUT2D eigenvalue weighted by atomic mass is 10.1. The summed E-state index contributed by atoms with van der Waals surface area (Å²) >= 11 is 0. The molecule has 5 nitrogen and oxygen atoms in total. The molecule has 1 saturated heterocycles.